The lowest BCUT2D eigenvalue weighted by molar-refractivity contribution is -0.153. The number of nitrogens with two attached hydrogens (primary N) is 3. The topological polar surface area (TPSA) is 228 Å². The van der Waals surface area contributed by atoms with Gasteiger partial charge in [-0.25, -0.2) is 9.79 Å². The first-order valence-electron chi connectivity index (χ1n) is 11.2. The number of likely N-dealkylation sites (N-methyl/N-ethyl adjacent to an activating group) is 1. The molecule has 1 unspecified atom stereocenters. The number of aliphatic imine (C=N–C) groups is 1. The van der Waals surface area contributed by atoms with E-state index in [2.05, 4.69) is 24.8 Å². The van der Waals surface area contributed by atoms with Gasteiger partial charge in [0.2, 0.25) is 11.5 Å². The van der Waals surface area contributed by atoms with Crippen molar-refractivity contribution in [2.24, 2.45) is 21.6 Å². The zero-order chi connectivity index (χ0) is 27.8. The number of nitrogens with one attached hydrogen (secondary N) is 1. The average molecular weight is 581 g/mol. The molecule has 3 atom stereocenters. The highest BCUT2D eigenvalue weighted by atomic mass is 32.2. The number of carbonyl (C=O) groups excluding carboxylic acids is 2. The van der Waals surface area contributed by atoms with Gasteiger partial charge in [0, 0.05) is 34.8 Å². The van der Waals surface area contributed by atoms with Gasteiger partial charge >= 0.3 is 5.97 Å². The lowest BCUT2D eigenvalue weighted by Crippen LogP contribution is -2.81. The fourth-order valence-corrected chi connectivity index (χ4v) is 6.35. The Morgan fingerprint density at radius 3 is 2.71 bits per heavy atom. The highest BCUT2D eigenvalue weighted by Gasteiger charge is 2.65. The molecule has 0 radical (unpaired) electrons. The summed E-state index contributed by atoms with van der Waals surface area (Å²) in [4.78, 5) is 55.1. The Bertz CT molecular complexity index is 1320. The van der Waals surface area contributed by atoms with Gasteiger partial charge in [0.15, 0.2) is 16.6 Å². The maximum atomic E-state index is 13.5. The molecule has 1 aromatic heterocycles. The number of carbonyl (C=O) groups is 3. The molecule has 3 aliphatic heterocycles. The quantitative estimate of drug-likeness (QED) is 0.100. The molecule has 202 valence electrons. The van der Waals surface area contributed by atoms with Crippen molar-refractivity contribution in [1.29, 1.82) is 0 Å². The molecule has 4 rings (SSSR count). The van der Waals surface area contributed by atoms with Crippen LogP contribution in [0, 0.1) is 0 Å². The third-order valence-corrected chi connectivity index (χ3v) is 8.11. The Kier molecular flexibility index (Phi) is 7.68. The van der Waals surface area contributed by atoms with Gasteiger partial charge in [0.1, 0.15) is 23.8 Å². The number of anilines is 1. The van der Waals surface area contributed by atoms with Gasteiger partial charge in [0.25, 0.3) is 11.8 Å². The monoisotopic (exact) mass is 580 g/mol. The molecule has 1 saturated heterocycles. The van der Waals surface area contributed by atoms with E-state index >= 15 is 0 Å². The van der Waals surface area contributed by atoms with Crippen LogP contribution in [0.5, 0.6) is 0 Å². The highest BCUT2D eigenvalue weighted by Crippen LogP contribution is 2.47. The van der Waals surface area contributed by atoms with Crippen LogP contribution in [0.2, 0.25) is 0 Å². The number of thiocarbonyl (C=S) groups is 1. The number of guanidine groups is 1. The second-order valence-corrected chi connectivity index (χ2v) is 10.1. The number of hydrogen-bond donors (Lipinski definition) is 5. The Morgan fingerprint density at radius 1 is 1.42 bits per heavy atom. The van der Waals surface area contributed by atoms with Crippen molar-refractivity contribution in [2.75, 3.05) is 24.6 Å². The summed E-state index contributed by atoms with van der Waals surface area (Å²) in [5.74, 6) is -2.79. The molecule has 1 aromatic rings. The first kappa shape index (κ1) is 27.4. The minimum Gasteiger partial charge on any atom is -0.477 e. The average Bonchev–Trinajstić information content (AvgIpc) is 3.31. The number of nitrogens with zero attached hydrogens (tertiary/aromatic N) is 6. The molecule has 38 heavy (non-hydrogen) atoms. The molecule has 0 saturated carbocycles. The Labute approximate surface area is 230 Å². The second-order valence-electron chi connectivity index (χ2n) is 8.02. The lowest BCUT2D eigenvalue weighted by atomic mass is 9.87. The molecule has 0 aromatic carbocycles. The summed E-state index contributed by atoms with van der Waals surface area (Å²) in [6.45, 7) is 4.17. The van der Waals surface area contributed by atoms with Crippen LogP contribution in [0.3, 0.4) is 0 Å². The minimum atomic E-state index is -1.71. The van der Waals surface area contributed by atoms with Gasteiger partial charge in [-0.05, 0) is 19.9 Å². The van der Waals surface area contributed by atoms with E-state index in [1.165, 1.54) is 11.8 Å². The van der Waals surface area contributed by atoms with Crippen LogP contribution in [-0.4, -0.2) is 95.1 Å². The van der Waals surface area contributed by atoms with Crippen LogP contribution < -0.4 is 22.5 Å². The molecule has 8 N–H and O–H groups in total. The summed E-state index contributed by atoms with van der Waals surface area (Å²) >= 11 is 7.20. The van der Waals surface area contributed by atoms with E-state index in [0.717, 1.165) is 21.8 Å². The number of fused-ring (bicyclic) bond motifs is 1. The number of aromatic nitrogens is 2. The Hall–Kier alpha value is -3.61. The Balaban J connectivity index is 1.67. The molecule has 0 spiro atoms. The highest BCUT2D eigenvalue weighted by molar-refractivity contribution is 8.00. The van der Waals surface area contributed by atoms with Gasteiger partial charge in [-0.3, -0.25) is 14.5 Å². The minimum absolute atomic E-state index is 0.0940. The van der Waals surface area contributed by atoms with Gasteiger partial charge in [-0.2, -0.15) is 9.36 Å². The molecule has 18 heteroatoms. The SMILES string of the molecule is CCO/N=C(\C(=O)N[C@@]1(C=S)C(=O)N2C(C(=O)O)=C(C3=CC(N)N(CC)C(N)=N3)CS[C@@H]21)c1nsc(N)n1. The third kappa shape index (κ3) is 4.48. The van der Waals surface area contributed by atoms with Crippen molar-refractivity contribution < 1.29 is 24.3 Å². The summed E-state index contributed by atoms with van der Waals surface area (Å²) in [5, 5.41) is 16.8. The van der Waals surface area contributed by atoms with E-state index in [9.17, 15) is 19.5 Å². The van der Waals surface area contributed by atoms with E-state index in [-0.39, 0.29) is 52.0 Å². The van der Waals surface area contributed by atoms with E-state index in [1.54, 1.807) is 17.9 Å². The van der Waals surface area contributed by atoms with Crippen molar-refractivity contribution in [2.45, 2.75) is 30.9 Å². The van der Waals surface area contributed by atoms with Gasteiger partial charge in [-0.1, -0.05) is 17.4 Å². The lowest BCUT2D eigenvalue weighted by Gasteiger charge is -2.55. The predicted molar refractivity (Wildman–Crippen MR) is 145 cm³/mol. The van der Waals surface area contributed by atoms with Crippen molar-refractivity contribution in [3.8, 4) is 0 Å². The van der Waals surface area contributed by atoms with Gasteiger partial charge < -0.3 is 37.4 Å². The van der Waals surface area contributed by atoms with Crippen molar-refractivity contribution in [1.82, 2.24) is 24.5 Å². The zero-order valence-electron chi connectivity index (χ0n) is 20.2. The summed E-state index contributed by atoms with van der Waals surface area (Å²) in [7, 11) is 0. The number of hydrogen-bond acceptors (Lipinski definition) is 15. The predicted octanol–water partition coefficient (Wildman–Crippen LogP) is -1.21. The number of thioether (sulfide) groups is 1. The number of allylic oxidation sites excluding steroid dienone is 1. The van der Waals surface area contributed by atoms with Crippen LogP contribution >= 0.6 is 35.5 Å². The van der Waals surface area contributed by atoms with Crippen LogP contribution in [0.1, 0.15) is 19.7 Å². The number of nitrogen functional groups attached to an aromatic ring is 1. The number of β-lactam (4-membered cyclic amide) rings is 1. The Morgan fingerprint density at radius 2 is 2.16 bits per heavy atom. The summed E-state index contributed by atoms with van der Waals surface area (Å²) < 4.78 is 3.98. The number of amides is 2. The second kappa shape index (κ2) is 10.6. The van der Waals surface area contributed by atoms with Gasteiger partial charge in [0.05, 0.1) is 5.70 Å². The third-order valence-electron chi connectivity index (χ3n) is 5.84. The molecule has 2 amide bonds. The van der Waals surface area contributed by atoms with E-state index in [0.29, 0.717) is 6.54 Å². The number of carboxylic acid groups (broad SMARTS) is 1. The van der Waals surface area contributed by atoms with E-state index in [4.69, 9.17) is 34.3 Å². The van der Waals surface area contributed by atoms with E-state index in [1.807, 2.05) is 6.92 Å². The smallest absolute Gasteiger partial charge is 0.353 e. The summed E-state index contributed by atoms with van der Waals surface area (Å²) in [6.07, 6.45) is 0.959. The molecule has 0 bridgehead atoms. The largest absolute Gasteiger partial charge is 0.477 e. The maximum Gasteiger partial charge on any atom is 0.353 e. The number of oxime groups is 1. The van der Waals surface area contributed by atoms with E-state index < -0.39 is 34.9 Å². The number of carboxylic acids is 1. The van der Waals surface area contributed by atoms with Crippen LogP contribution in [0.25, 0.3) is 0 Å². The molecule has 0 aliphatic carbocycles. The maximum absolute atomic E-state index is 13.5. The first-order valence-corrected chi connectivity index (χ1v) is 13.5. The molecule has 3 aliphatic rings. The molecule has 4 heterocycles. The number of aliphatic carboxylic acids is 1. The van der Waals surface area contributed by atoms with Crippen LogP contribution in [-0.2, 0) is 19.2 Å². The summed E-state index contributed by atoms with van der Waals surface area (Å²) in [6, 6.07) is 0. The van der Waals surface area contributed by atoms with Crippen molar-refractivity contribution in [3.63, 3.8) is 0 Å². The van der Waals surface area contributed by atoms with Crippen molar-refractivity contribution >= 4 is 75.5 Å². The first-order chi connectivity index (χ1) is 18.1. The summed E-state index contributed by atoms with van der Waals surface area (Å²) in [5.41, 5.74) is 16.0. The molecule has 1 fully saturated rings. The zero-order valence-corrected chi connectivity index (χ0v) is 22.6. The number of rotatable bonds is 9. The molecule has 15 nitrogen and oxygen atoms in total. The van der Waals surface area contributed by atoms with Crippen molar-refractivity contribution in [3.05, 3.63) is 28.9 Å². The fraction of sp³-hybridized carbons (Fsp3) is 0.400. The molecular formula is C20H24N10O5S3. The molecular weight excluding hydrogens is 556 g/mol. The fourth-order valence-electron chi connectivity index (χ4n) is 4.09. The standard InChI is InChI=1S/C20H24N10O5S3/c1-3-29-10(21)5-9(24-18(29)22)8-6-37-17-20(7-36,16(34)30(17)12(8)15(32)33)26-14(31)11(27-35-4-2)13-25-19(23)38-28-13/h5,7,10,17H,3-4,6,21H2,1-2H3,(H2,22,24)(H,26,31)(H,32,33)(H2,23,25,28)/b27-11-/t10?,17-,20+/m1/s1. The van der Waals surface area contributed by atoms with Crippen LogP contribution in [0.15, 0.2) is 33.2 Å². The van der Waals surface area contributed by atoms with Crippen LogP contribution in [0.4, 0.5) is 5.13 Å². The normalized spacial score (nSPS) is 25.2. The van der Waals surface area contributed by atoms with Gasteiger partial charge in [-0.15, -0.1) is 11.8 Å².